The second-order valence-electron chi connectivity index (χ2n) is 13.5. The maximum Gasteiger partial charge on any atom is 0.159 e. The van der Waals surface area contributed by atoms with E-state index >= 15 is 0 Å². The lowest BCUT2D eigenvalue weighted by Gasteiger charge is -2.26. The number of hydrogen-bond acceptors (Lipinski definition) is 2. The van der Waals surface area contributed by atoms with Crippen LogP contribution < -0.4 is 4.90 Å². The summed E-state index contributed by atoms with van der Waals surface area (Å²) in [6.07, 6.45) is 0. The zero-order chi connectivity index (χ0) is 35.0. The van der Waals surface area contributed by atoms with Crippen molar-refractivity contribution >= 4 is 82.6 Å². The lowest BCUT2D eigenvalue weighted by molar-refractivity contribution is 0.627. The number of rotatable bonds is 5. The van der Waals surface area contributed by atoms with Gasteiger partial charge in [0.25, 0.3) is 0 Å². The molecular weight excluding hydrogens is 654 g/mol. The molecule has 0 aliphatic rings. The zero-order valence-corrected chi connectivity index (χ0v) is 28.4. The molecule has 53 heavy (non-hydrogen) atoms. The summed E-state index contributed by atoms with van der Waals surface area (Å²) in [6.45, 7) is 0. The number of halogens is 1. The fourth-order valence-corrected chi connectivity index (χ4v) is 8.26. The lowest BCUT2D eigenvalue weighted by Crippen LogP contribution is -2.10. The summed E-state index contributed by atoms with van der Waals surface area (Å²) in [6, 6.07) is 62.3. The van der Waals surface area contributed by atoms with Crippen LogP contribution in [0, 0.1) is 5.82 Å². The molecule has 0 atom stereocenters. The van der Waals surface area contributed by atoms with Crippen molar-refractivity contribution in [2.75, 3.05) is 4.90 Å². The zero-order valence-electron chi connectivity index (χ0n) is 28.4. The van der Waals surface area contributed by atoms with Crippen molar-refractivity contribution in [3.05, 3.63) is 188 Å². The van der Waals surface area contributed by atoms with E-state index in [2.05, 4.69) is 160 Å². The minimum absolute atomic E-state index is 0.260. The van der Waals surface area contributed by atoms with Crippen LogP contribution >= 0.6 is 0 Å². The highest BCUT2D eigenvalue weighted by Crippen LogP contribution is 2.45. The van der Waals surface area contributed by atoms with E-state index in [1.54, 1.807) is 0 Å². The number of para-hydroxylation sites is 5. The normalized spacial score (nSPS) is 11.9. The quantitative estimate of drug-likeness (QED) is 0.180. The third kappa shape index (κ3) is 4.47. The fourth-order valence-electron chi connectivity index (χ4n) is 8.26. The monoisotopic (exact) mass is 683 g/mol. The van der Waals surface area contributed by atoms with E-state index in [4.69, 9.17) is 4.42 Å². The molecular formula is C48H30FN3O. The Labute approximate surface area is 303 Å². The number of anilines is 3. The van der Waals surface area contributed by atoms with E-state index in [9.17, 15) is 4.39 Å². The van der Waals surface area contributed by atoms with Crippen molar-refractivity contribution in [2.45, 2.75) is 0 Å². The van der Waals surface area contributed by atoms with Crippen molar-refractivity contribution in [1.82, 2.24) is 9.13 Å². The van der Waals surface area contributed by atoms with Crippen LogP contribution in [0.15, 0.2) is 186 Å². The molecule has 3 heterocycles. The Balaban J connectivity index is 1.21. The topological polar surface area (TPSA) is 26.2 Å². The summed E-state index contributed by atoms with van der Waals surface area (Å²) >= 11 is 0. The molecule has 0 fully saturated rings. The van der Waals surface area contributed by atoms with Crippen LogP contribution in [0.25, 0.3) is 76.9 Å². The molecule has 0 bridgehead atoms. The molecule has 0 spiro atoms. The van der Waals surface area contributed by atoms with Crippen molar-refractivity contribution < 1.29 is 8.81 Å². The smallest absolute Gasteiger partial charge is 0.159 e. The number of furan rings is 1. The van der Waals surface area contributed by atoms with E-state index in [1.165, 1.54) is 17.5 Å². The van der Waals surface area contributed by atoms with Crippen LogP contribution in [0.5, 0.6) is 0 Å². The maximum absolute atomic E-state index is 14.2. The highest BCUT2D eigenvalue weighted by atomic mass is 19.1. The Hall–Kier alpha value is -7.11. The summed E-state index contributed by atoms with van der Waals surface area (Å²) in [4.78, 5) is 2.31. The van der Waals surface area contributed by atoms with Crippen molar-refractivity contribution in [3.63, 3.8) is 0 Å². The number of aromatic nitrogens is 2. The largest absolute Gasteiger partial charge is 0.454 e. The second-order valence-corrected chi connectivity index (χ2v) is 13.5. The molecule has 4 nitrogen and oxygen atoms in total. The van der Waals surface area contributed by atoms with Gasteiger partial charge in [0.15, 0.2) is 5.58 Å². The molecule has 0 saturated carbocycles. The van der Waals surface area contributed by atoms with E-state index in [0.29, 0.717) is 0 Å². The van der Waals surface area contributed by atoms with Gasteiger partial charge >= 0.3 is 0 Å². The van der Waals surface area contributed by atoms with Gasteiger partial charge < -0.3 is 18.5 Å². The average Bonchev–Trinajstić information content (AvgIpc) is 3.87. The molecule has 11 aromatic rings. The predicted octanol–water partition coefficient (Wildman–Crippen LogP) is 13.4. The van der Waals surface area contributed by atoms with Crippen LogP contribution in [0.3, 0.4) is 0 Å². The number of benzene rings is 8. The fraction of sp³-hybridized carbons (Fsp3) is 0. The van der Waals surface area contributed by atoms with Gasteiger partial charge in [-0.1, -0.05) is 91.0 Å². The molecule has 0 radical (unpaired) electrons. The highest BCUT2D eigenvalue weighted by Gasteiger charge is 2.23. The van der Waals surface area contributed by atoms with Gasteiger partial charge in [-0.2, -0.15) is 0 Å². The van der Waals surface area contributed by atoms with Crippen LogP contribution in [0.1, 0.15) is 0 Å². The van der Waals surface area contributed by atoms with Crippen molar-refractivity contribution in [2.24, 2.45) is 0 Å². The van der Waals surface area contributed by atoms with E-state index in [0.717, 1.165) is 88.6 Å². The summed E-state index contributed by atoms with van der Waals surface area (Å²) in [7, 11) is 0. The first-order chi connectivity index (χ1) is 26.2. The van der Waals surface area contributed by atoms with Crippen molar-refractivity contribution in [1.29, 1.82) is 0 Å². The first kappa shape index (κ1) is 29.6. The maximum atomic E-state index is 14.2. The molecule has 0 aliphatic carbocycles. The molecule has 0 saturated heterocycles. The van der Waals surface area contributed by atoms with Gasteiger partial charge in [0.1, 0.15) is 11.4 Å². The van der Waals surface area contributed by atoms with Gasteiger partial charge in [-0.05, 0) is 91.0 Å². The molecule has 11 rings (SSSR count). The van der Waals surface area contributed by atoms with E-state index in [-0.39, 0.29) is 5.82 Å². The molecule has 0 unspecified atom stereocenters. The molecule has 0 N–H and O–H groups in total. The van der Waals surface area contributed by atoms with Crippen molar-refractivity contribution in [3.8, 4) is 11.4 Å². The minimum Gasteiger partial charge on any atom is -0.454 e. The van der Waals surface area contributed by atoms with E-state index in [1.807, 2.05) is 24.3 Å². The molecule has 250 valence electrons. The SMILES string of the molecule is Fc1ccc(-n2c3ccccc3c3ccc(N(c4ccc5c(c4)c4ccccc4n5-c4ccccc4)c4cccc5c4oc4ccccc45)cc32)cc1. The first-order valence-corrected chi connectivity index (χ1v) is 17.8. The van der Waals surface area contributed by atoms with Gasteiger partial charge in [0, 0.05) is 55.1 Å². The lowest BCUT2D eigenvalue weighted by atomic mass is 10.1. The summed E-state index contributed by atoms with van der Waals surface area (Å²) in [5.41, 5.74) is 11.0. The van der Waals surface area contributed by atoms with Crippen LogP contribution in [-0.2, 0) is 0 Å². The third-order valence-corrected chi connectivity index (χ3v) is 10.6. The Morgan fingerprint density at radius 1 is 0.396 bits per heavy atom. The van der Waals surface area contributed by atoms with Gasteiger partial charge in [-0.3, -0.25) is 0 Å². The minimum atomic E-state index is -0.260. The van der Waals surface area contributed by atoms with Gasteiger partial charge in [0.05, 0.1) is 27.8 Å². The predicted molar refractivity (Wildman–Crippen MR) is 217 cm³/mol. The third-order valence-electron chi connectivity index (χ3n) is 10.6. The van der Waals surface area contributed by atoms with Crippen LogP contribution in [0.4, 0.5) is 21.5 Å². The standard InChI is InChI=1S/C48H30FN3O/c49-31-21-23-33(24-22-31)52-42-17-7-4-13-36(42)38-27-25-35(30-46(38)52)50(45-19-10-16-40-39-15-6-9-20-47(39)53-48(40)45)34-26-28-44-41(29-34)37-14-5-8-18-43(37)51(44)32-11-2-1-3-12-32/h1-30H. The van der Waals surface area contributed by atoms with E-state index < -0.39 is 0 Å². The summed E-state index contributed by atoms with van der Waals surface area (Å²) < 4.78 is 25.4. The average molecular weight is 684 g/mol. The number of fused-ring (bicyclic) bond motifs is 9. The Morgan fingerprint density at radius 3 is 1.75 bits per heavy atom. The Kier molecular flexibility index (Phi) is 6.40. The second kappa shape index (κ2) is 11.5. The summed E-state index contributed by atoms with van der Waals surface area (Å²) in [5, 5.41) is 6.74. The van der Waals surface area contributed by atoms with Crippen LogP contribution in [0.2, 0.25) is 0 Å². The van der Waals surface area contributed by atoms with Gasteiger partial charge in [-0.25, -0.2) is 4.39 Å². The first-order valence-electron chi connectivity index (χ1n) is 17.8. The highest BCUT2D eigenvalue weighted by molar-refractivity contribution is 6.14. The molecule has 0 aliphatic heterocycles. The van der Waals surface area contributed by atoms with Crippen LogP contribution in [-0.4, -0.2) is 9.13 Å². The summed E-state index contributed by atoms with van der Waals surface area (Å²) in [5.74, 6) is -0.260. The number of hydrogen-bond donors (Lipinski definition) is 0. The molecule has 5 heteroatoms. The van der Waals surface area contributed by atoms with Gasteiger partial charge in [-0.15, -0.1) is 0 Å². The number of nitrogens with zero attached hydrogens (tertiary/aromatic N) is 3. The molecule has 0 amide bonds. The Bertz CT molecular complexity index is 3190. The van der Waals surface area contributed by atoms with Gasteiger partial charge in [0.2, 0.25) is 0 Å². The molecule has 8 aromatic carbocycles. The Morgan fingerprint density at radius 2 is 0.962 bits per heavy atom. The molecule has 3 aromatic heterocycles.